The van der Waals surface area contributed by atoms with E-state index in [0.29, 0.717) is 28.8 Å². The van der Waals surface area contributed by atoms with Crippen LogP contribution in [0.2, 0.25) is 0 Å². The van der Waals surface area contributed by atoms with Crippen LogP contribution in [-0.4, -0.2) is 28.6 Å². The summed E-state index contributed by atoms with van der Waals surface area (Å²) in [5.41, 5.74) is 0.228. The van der Waals surface area contributed by atoms with Crippen molar-refractivity contribution in [2.24, 2.45) is 0 Å². The molecular formula is C18H18N2O5S. The van der Waals surface area contributed by atoms with Crippen LogP contribution in [-0.2, 0) is 16.1 Å². The highest BCUT2D eigenvalue weighted by Crippen LogP contribution is 2.26. The van der Waals surface area contributed by atoms with E-state index in [9.17, 15) is 9.59 Å². The lowest BCUT2D eigenvalue weighted by Gasteiger charge is -2.11. The Balaban J connectivity index is 1.49. The van der Waals surface area contributed by atoms with E-state index in [2.05, 4.69) is 4.98 Å². The Bertz CT molecular complexity index is 950. The third kappa shape index (κ3) is 4.40. The van der Waals surface area contributed by atoms with Gasteiger partial charge in [-0.05, 0) is 19.1 Å². The molecule has 0 saturated carbocycles. The number of hydrogen-bond acceptors (Lipinski definition) is 7. The van der Waals surface area contributed by atoms with Crippen LogP contribution < -0.4 is 15.0 Å². The van der Waals surface area contributed by atoms with Gasteiger partial charge >= 0.3 is 5.97 Å². The maximum atomic E-state index is 11.9. The maximum Gasteiger partial charge on any atom is 0.309 e. The molecule has 0 spiro atoms. The lowest BCUT2D eigenvalue weighted by molar-refractivity contribution is -0.145. The molecule has 0 unspecified atom stereocenters. The molecule has 0 N–H and O–H groups in total. The van der Waals surface area contributed by atoms with E-state index in [1.54, 1.807) is 17.6 Å². The number of thiazole rings is 1. The molecular weight excluding hydrogens is 356 g/mol. The van der Waals surface area contributed by atoms with Crippen LogP contribution in [0.5, 0.6) is 11.5 Å². The van der Waals surface area contributed by atoms with Gasteiger partial charge in [-0.3, -0.25) is 14.0 Å². The Morgan fingerprint density at radius 1 is 1.23 bits per heavy atom. The van der Waals surface area contributed by atoms with Crippen molar-refractivity contribution in [2.75, 3.05) is 13.2 Å². The summed E-state index contributed by atoms with van der Waals surface area (Å²) in [4.78, 5) is 28.6. The van der Waals surface area contributed by atoms with Crippen LogP contribution in [0.25, 0.3) is 4.96 Å². The summed E-state index contributed by atoms with van der Waals surface area (Å²) >= 11 is 1.35. The first-order chi connectivity index (χ1) is 12.7. The molecule has 2 heterocycles. The van der Waals surface area contributed by atoms with Crippen LogP contribution in [0.1, 0.15) is 19.0 Å². The number of para-hydroxylation sites is 2. The van der Waals surface area contributed by atoms with Gasteiger partial charge in [-0.25, -0.2) is 4.98 Å². The Labute approximate surface area is 153 Å². The van der Waals surface area contributed by atoms with Gasteiger partial charge in [0.05, 0.1) is 25.3 Å². The quantitative estimate of drug-likeness (QED) is 0.564. The van der Waals surface area contributed by atoms with Gasteiger partial charge in [-0.15, -0.1) is 11.3 Å². The molecule has 0 aliphatic heterocycles. The minimum atomic E-state index is -0.424. The van der Waals surface area contributed by atoms with E-state index in [1.807, 2.05) is 25.1 Å². The largest absolute Gasteiger partial charge is 0.490 e. The van der Waals surface area contributed by atoms with Crippen molar-refractivity contribution in [3.05, 3.63) is 58.0 Å². The number of rotatable bonds is 8. The molecule has 0 fully saturated rings. The predicted octanol–water partition coefficient (Wildman–Crippen LogP) is 2.67. The Kier molecular flexibility index (Phi) is 5.85. The monoisotopic (exact) mass is 374 g/mol. The molecule has 0 bridgehead atoms. The highest BCUT2D eigenvalue weighted by atomic mass is 32.1. The van der Waals surface area contributed by atoms with Gasteiger partial charge in [-0.1, -0.05) is 12.1 Å². The van der Waals surface area contributed by atoms with Crippen molar-refractivity contribution < 1.29 is 19.0 Å². The van der Waals surface area contributed by atoms with E-state index >= 15 is 0 Å². The third-order valence-corrected chi connectivity index (χ3v) is 4.21. The van der Waals surface area contributed by atoms with Gasteiger partial charge in [0.15, 0.2) is 16.5 Å². The lowest BCUT2D eigenvalue weighted by Crippen LogP contribution is -2.15. The van der Waals surface area contributed by atoms with Crippen molar-refractivity contribution in [1.82, 2.24) is 9.38 Å². The number of aromatic nitrogens is 2. The second-order valence-corrected chi connectivity index (χ2v) is 6.15. The second-order valence-electron chi connectivity index (χ2n) is 5.28. The van der Waals surface area contributed by atoms with Crippen molar-refractivity contribution in [1.29, 1.82) is 0 Å². The highest BCUT2D eigenvalue weighted by Gasteiger charge is 2.09. The van der Waals surface area contributed by atoms with Crippen molar-refractivity contribution >= 4 is 22.3 Å². The topological polar surface area (TPSA) is 79.1 Å². The number of esters is 1. The normalized spacial score (nSPS) is 10.7. The summed E-state index contributed by atoms with van der Waals surface area (Å²) in [6.07, 6.45) is 1.74. The first-order valence-corrected chi connectivity index (χ1v) is 9.01. The molecule has 7 nitrogen and oxygen atoms in total. The zero-order chi connectivity index (χ0) is 18.4. The number of nitrogens with zero attached hydrogens (tertiary/aromatic N) is 2. The average molecular weight is 374 g/mol. The Hall–Kier alpha value is -2.87. The molecule has 26 heavy (non-hydrogen) atoms. The van der Waals surface area contributed by atoms with Gasteiger partial charge in [0, 0.05) is 17.6 Å². The molecule has 3 rings (SSSR count). The summed E-state index contributed by atoms with van der Waals surface area (Å²) in [6.45, 7) is 2.55. The van der Waals surface area contributed by atoms with E-state index in [0.717, 1.165) is 0 Å². The van der Waals surface area contributed by atoms with E-state index in [1.165, 1.54) is 21.8 Å². The lowest BCUT2D eigenvalue weighted by atomic mass is 10.3. The van der Waals surface area contributed by atoms with Crippen LogP contribution in [0.3, 0.4) is 0 Å². The summed E-state index contributed by atoms with van der Waals surface area (Å²) in [5.74, 6) is 0.796. The summed E-state index contributed by atoms with van der Waals surface area (Å²) in [5, 5.41) is 1.77. The van der Waals surface area contributed by atoms with E-state index in [-0.39, 0.29) is 25.2 Å². The van der Waals surface area contributed by atoms with Gasteiger partial charge in [0.25, 0.3) is 5.56 Å². The summed E-state index contributed by atoms with van der Waals surface area (Å²) in [6, 6.07) is 8.64. The predicted molar refractivity (Wildman–Crippen MR) is 96.9 cm³/mol. The van der Waals surface area contributed by atoms with Crippen molar-refractivity contribution in [3.63, 3.8) is 0 Å². The molecule has 8 heteroatoms. The second kappa shape index (κ2) is 8.48. The summed E-state index contributed by atoms with van der Waals surface area (Å²) in [7, 11) is 0. The summed E-state index contributed by atoms with van der Waals surface area (Å²) < 4.78 is 17.7. The maximum absolute atomic E-state index is 11.9. The van der Waals surface area contributed by atoms with Crippen LogP contribution in [0.15, 0.2) is 46.7 Å². The van der Waals surface area contributed by atoms with Crippen LogP contribution in [0, 0.1) is 0 Å². The fourth-order valence-corrected chi connectivity index (χ4v) is 3.02. The smallest absolute Gasteiger partial charge is 0.309 e. The first kappa shape index (κ1) is 17.9. The fraction of sp³-hybridized carbons (Fsp3) is 0.278. The minimum absolute atomic E-state index is 0.0436. The number of carbonyl (C=O) groups is 1. The molecule has 0 atom stereocenters. The van der Waals surface area contributed by atoms with E-state index in [4.69, 9.17) is 14.2 Å². The molecule has 0 radical (unpaired) electrons. The molecule has 1 aromatic carbocycles. The number of carbonyl (C=O) groups excluding carboxylic acids is 1. The zero-order valence-corrected chi connectivity index (χ0v) is 15.0. The SMILES string of the molecule is CCOc1ccccc1OCCC(=O)OCc1cc(=O)n2ccsc2n1. The van der Waals surface area contributed by atoms with E-state index < -0.39 is 5.97 Å². The van der Waals surface area contributed by atoms with Gasteiger partial charge in [0.1, 0.15) is 6.61 Å². The molecule has 0 aliphatic carbocycles. The molecule has 0 saturated heterocycles. The zero-order valence-electron chi connectivity index (χ0n) is 14.2. The molecule has 136 valence electrons. The standard InChI is InChI=1S/C18H18N2O5S/c1-2-23-14-5-3-4-6-15(14)24-9-7-17(22)25-12-13-11-16(21)20-8-10-26-18(20)19-13/h3-6,8,10-11H,2,7,9,12H2,1H3. The average Bonchev–Trinajstić information content (AvgIpc) is 3.11. The number of benzene rings is 1. The Morgan fingerprint density at radius 3 is 2.77 bits per heavy atom. The van der Waals surface area contributed by atoms with Gasteiger partial charge in [-0.2, -0.15) is 0 Å². The highest BCUT2D eigenvalue weighted by molar-refractivity contribution is 7.15. The van der Waals surface area contributed by atoms with Crippen molar-refractivity contribution in [2.45, 2.75) is 20.0 Å². The number of ether oxygens (including phenoxy) is 3. The minimum Gasteiger partial charge on any atom is -0.490 e. The molecule has 0 aliphatic rings. The first-order valence-electron chi connectivity index (χ1n) is 8.13. The third-order valence-electron chi connectivity index (χ3n) is 3.45. The number of fused-ring (bicyclic) bond motifs is 1. The van der Waals surface area contributed by atoms with Gasteiger partial charge in [0.2, 0.25) is 0 Å². The number of hydrogen-bond donors (Lipinski definition) is 0. The van der Waals surface area contributed by atoms with Crippen molar-refractivity contribution in [3.8, 4) is 11.5 Å². The van der Waals surface area contributed by atoms with Gasteiger partial charge < -0.3 is 14.2 Å². The Morgan fingerprint density at radius 2 is 2.00 bits per heavy atom. The molecule has 2 aromatic heterocycles. The molecule has 3 aromatic rings. The van der Waals surface area contributed by atoms with Crippen LogP contribution >= 0.6 is 11.3 Å². The fourth-order valence-electron chi connectivity index (χ4n) is 2.28. The van der Waals surface area contributed by atoms with Crippen LogP contribution in [0.4, 0.5) is 0 Å². The molecule has 0 amide bonds.